The first kappa shape index (κ1) is 22.9. The zero-order valence-electron chi connectivity index (χ0n) is 16.8. The van der Waals surface area contributed by atoms with Gasteiger partial charge in [-0.1, -0.05) is 41.9 Å². The number of fused-ring (bicyclic) bond motifs is 1. The average Bonchev–Trinajstić information content (AvgIpc) is 3.21. The highest BCUT2D eigenvalue weighted by Gasteiger charge is 2.33. The van der Waals surface area contributed by atoms with Crippen LogP contribution in [0.1, 0.15) is 10.4 Å². The number of hydrogen-bond donors (Lipinski definition) is 1. The molecule has 0 amide bonds. The highest BCUT2D eigenvalue weighted by atomic mass is 35.5. The summed E-state index contributed by atoms with van der Waals surface area (Å²) in [5.74, 6) is -0.983. The van der Waals surface area contributed by atoms with Gasteiger partial charge in [-0.2, -0.15) is 0 Å². The fourth-order valence-corrected chi connectivity index (χ4v) is 5.49. The van der Waals surface area contributed by atoms with Gasteiger partial charge in [-0.3, -0.25) is 4.55 Å². The van der Waals surface area contributed by atoms with Crippen LogP contribution in [-0.4, -0.2) is 35.2 Å². The predicted octanol–water partition coefficient (Wildman–Crippen LogP) is 4.38. The Morgan fingerprint density at radius 2 is 1.85 bits per heavy atom. The van der Waals surface area contributed by atoms with E-state index in [1.165, 1.54) is 36.4 Å². The summed E-state index contributed by atoms with van der Waals surface area (Å²) in [6.07, 6.45) is 1.08. The molecule has 1 unspecified atom stereocenters. The Labute approximate surface area is 195 Å². The van der Waals surface area contributed by atoms with Crippen molar-refractivity contribution in [3.8, 4) is 0 Å². The first-order chi connectivity index (χ1) is 15.7. The van der Waals surface area contributed by atoms with E-state index >= 15 is 0 Å². The van der Waals surface area contributed by atoms with Gasteiger partial charge in [0.2, 0.25) is 15.7 Å². The van der Waals surface area contributed by atoms with Crippen molar-refractivity contribution >= 4 is 61.2 Å². The number of aromatic nitrogens is 1. The summed E-state index contributed by atoms with van der Waals surface area (Å²) in [4.78, 5) is 15.7. The number of hydrogen-bond acceptors (Lipinski definition) is 7. The lowest BCUT2D eigenvalue weighted by Gasteiger charge is -2.20. The molecule has 1 atom stereocenters. The van der Waals surface area contributed by atoms with E-state index in [0.29, 0.717) is 11.0 Å². The number of anilines is 2. The standard InChI is InChI=1S/C21H15ClN2O7S2/c1-30-21(25)15-7-3-5-9-18(15)33(28,29)20-16(11-14(22)12-23-20)24(32(26)27)19-10-13-6-2-4-8-17(13)31-19/h2-12H,1H3,(H,26,27). The van der Waals surface area contributed by atoms with Crippen LogP contribution in [-0.2, 0) is 25.8 Å². The predicted molar refractivity (Wildman–Crippen MR) is 122 cm³/mol. The van der Waals surface area contributed by atoms with Gasteiger partial charge in [0.1, 0.15) is 5.58 Å². The van der Waals surface area contributed by atoms with Gasteiger partial charge in [0.25, 0.3) is 11.3 Å². The van der Waals surface area contributed by atoms with E-state index in [-0.39, 0.29) is 27.1 Å². The molecule has 9 nitrogen and oxygen atoms in total. The summed E-state index contributed by atoms with van der Waals surface area (Å²) >= 11 is 3.29. The third kappa shape index (κ3) is 4.23. The van der Waals surface area contributed by atoms with E-state index in [2.05, 4.69) is 9.72 Å². The van der Waals surface area contributed by atoms with E-state index in [4.69, 9.17) is 16.0 Å². The fraction of sp³-hybridized carbons (Fsp3) is 0.0476. The van der Waals surface area contributed by atoms with Crippen LogP contribution in [0.5, 0.6) is 0 Å². The first-order valence-corrected chi connectivity index (χ1v) is 12.1. The molecule has 0 aliphatic carbocycles. The van der Waals surface area contributed by atoms with Crippen LogP contribution in [0.3, 0.4) is 0 Å². The Morgan fingerprint density at radius 1 is 1.15 bits per heavy atom. The summed E-state index contributed by atoms with van der Waals surface area (Å²) in [6, 6.07) is 14.9. The molecule has 2 aromatic heterocycles. The zero-order valence-corrected chi connectivity index (χ0v) is 19.2. The SMILES string of the molecule is COC(=O)c1ccccc1S(=O)(=O)c1ncc(Cl)cc1N(c1cc2ccccc2o1)S(=O)O. The Bertz CT molecular complexity index is 1470. The van der Waals surface area contributed by atoms with Gasteiger partial charge in [-0.25, -0.2) is 26.7 Å². The molecule has 2 heterocycles. The highest BCUT2D eigenvalue weighted by Crippen LogP contribution is 2.38. The summed E-state index contributed by atoms with van der Waals surface area (Å²) in [7, 11) is -3.37. The monoisotopic (exact) mass is 506 g/mol. The third-order valence-electron chi connectivity index (χ3n) is 4.62. The van der Waals surface area contributed by atoms with Gasteiger partial charge >= 0.3 is 5.97 Å². The van der Waals surface area contributed by atoms with Crippen LogP contribution < -0.4 is 4.31 Å². The number of ether oxygens (including phenoxy) is 1. The molecule has 0 bridgehead atoms. The molecule has 33 heavy (non-hydrogen) atoms. The lowest BCUT2D eigenvalue weighted by atomic mass is 10.2. The quantitative estimate of drug-likeness (QED) is 0.301. The normalized spacial score (nSPS) is 12.5. The molecule has 12 heteroatoms. The van der Waals surface area contributed by atoms with E-state index in [9.17, 15) is 22.0 Å². The molecular formula is C21H15ClN2O7S2. The van der Waals surface area contributed by atoms with Crippen molar-refractivity contribution in [2.45, 2.75) is 9.92 Å². The highest BCUT2D eigenvalue weighted by molar-refractivity contribution is 7.91. The average molecular weight is 507 g/mol. The molecular weight excluding hydrogens is 492 g/mol. The number of esters is 1. The summed E-state index contributed by atoms with van der Waals surface area (Å²) in [6.45, 7) is 0. The summed E-state index contributed by atoms with van der Waals surface area (Å²) in [5, 5.41) is 0.0289. The smallest absolute Gasteiger partial charge is 0.339 e. The number of furan rings is 1. The Hall–Kier alpha value is -3.25. The Morgan fingerprint density at radius 3 is 2.55 bits per heavy atom. The van der Waals surface area contributed by atoms with Crippen LogP contribution >= 0.6 is 11.6 Å². The van der Waals surface area contributed by atoms with Gasteiger partial charge in [-0.05, 0) is 24.3 Å². The Kier molecular flexibility index (Phi) is 6.21. The topological polar surface area (TPSA) is 127 Å². The molecule has 4 aromatic rings. The van der Waals surface area contributed by atoms with E-state index in [1.807, 2.05) is 0 Å². The lowest BCUT2D eigenvalue weighted by molar-refractivity contribution is 0.0596. The number of carbonyl (C=O) groups is 1. The number of nitrogens with zero attached hydrogens (tertiary/aromatic N) is 2. The molecule has 0 saturated heterocycles. The van der Waals surface area contributed by atoms with E-state index in [1.54, 1.807) is 24.3 Å². The number of sulfone groups is 1. The van der Waals surface area contributed by atoms with Gasteiger partial charge in [0.05, 0.1) is 28.3 Å². The van der Waals surface area contributed by atoms with Crippen molar-refractivity contribution in [1.82, 2.24) is 4.98 Å². The van der Waals surface area contributed by atoms with Gasteiger partial charge in [0, 0.05) is 17.6 Å². The van der Waals surface area contributed by atoms with Crippen molar-refractivity contribution in [1.29, 1.82) is 0 Å². The van der Waals surface area contributed by atoms with Gasteiger partial charge in [0.15, 0.2) is 5.03 Å². The summed E-state index contributed by atoms with van der Waals surface area (Å²) in [5.41, 5.74) is -0.122. The van der Waals surface area contributed by atoms with Crippen molar-refractivity contribution < 1.29 is 31.1 Å². The second-order valence-corrected chi connectivity index (χ2v) is 9.71. The number of pyridine rings is 1. The lowest BCUT2D eigenvalue weighted by Crippen LogP contribution is -2.22. The van der Waals surface area contributed by atoms with E-state index in [0.717, 1.165) is 17.6 Å². The molecule has 2 aromatic carbocycles. The Balaban J connectivity index is 1.96. The number of carbonyl (C=O) groups excluding carboxylic acids is 1. The number of para-hydroxylation sites is 1. The molecule has 1 N–H and O–H groups in total. The largest absolute Gasteiger partial charge is 0.465 e. The van der Waals surface area contributed by atoms with Crippen LogP contribution in [0.25, 0.3) is 11.0 Å². The molecule has 170 valence electrons. The second-order valence-electron chi connectivity index (χ2n) is 6.62. The zero-order chi connectivity index (χ0) is 23.8. The van der Waals surface area contributed by atoms with Gasteiger partial charge in [-0.15, -0.1) is 0 Å². The van der Waals surface area contributed by atoms with E-state index < -0.39 is 32.1 Å². The molecule has 0 aliphatic rings. The number of halogens is 1. The first-order valence-electron chi connectivity index (χ1n) is 9.21. The van der Waals surface area contributed by atoms with Crippen LogP contribution in [0.2, 0.25) is 5.02 Å². The maximum Gasteiger partial charge on any atom is 0.339 e. The minimum Gasteiger partial charge on any atom is -0.465 e. The molecule has 0 saturated carbocycles. The maximum atomic E-state index is 13.6. The number of benzene rings is 2. The molecule has 0 spiro atoms. The van der Waals surface area contributed by atoms with Crippen LogP contribution in [0, 0.1) is 0 Å². The van der Waals surface area contributed by atoms with Crippen molar-refractivity contribution in [3.05, 3.63) is 77.4 Å². The van der Waals surface area contributed by atoms with Crippen molar-refractivity contribution in [2.24, 2.45) is 0 Å². The minimum absolute atomic E-state index is 0.0109. The van der Waals surface area contributed by atoms with Crippen molar-refractivity contribution in [3.63, 3.8) is 0 Å². The number of rotatable bonds is 6. The summed E-state index contributed by atoms with van der Waals surface area (Å²) < 4.78 is 60.7. The van der Waals surface area contributed by atoms with Crippen LogP contribution in [0.4, 0.5) is 11.6 Å². The van der Waals surface area contributed by atoms with Crippen molar-refractivity contribution in [2.75, 3.05) is 11.4 Å². The molecule has 4 rings (SSSR count). The molecule has 0 fully saturated rings. The molecule has 0 aliphatic heterocycles. The fourth-order valence-electron chi connectivity index (χ4n) is 3.20. The number of methoxy groups -OCH3 is 1. The molecule has 0 radical (unpaired) electrons. The third-order valence-corrected chi connectivity index (χ3v) is 7.28. The van der Waals surface area contributed by atoms with Gasteiger partial charge < -0.3 is 9.15 Å². The van der Waals surface area contributed by atoms with Crippen LogP contribution in [0.15, 0.2) is 81.2 Å². The maximum absolute atomic E-state index is 13.6. The minimum atomic E-state index is -4.49. The second kappa shape index (κ2) is 8.94.